The van der Waals surface area contributed by atoms with Crippen LogP contribution in [0.15, 0.2) is 78.0 Å². The van der Waals surface area contributed by atoms with Gasteiger partial charge in [-0.3, -0.25) is 9.36 Å². The molecule has 0 aliphatic rings. The summed E-state index contributed by atoms with van der Waals surface area (Å²) in [4.78, 5) is 24.7. The Bertz CT molecular complexity index is 1600. The summed E-state index contributed by atoms with van der Waals surface area (Å²) < 4.78 is 47.8. The highest BCUT2D eigenvalue weighted by molar-refractivity contribution is 6.30. The monoisotopic (exact) mass is 526 g/mol. The van der Waals surface area contributed by atoms with Crippen LogP contribution in [0.3, 0.4) is 0 Å². The van der Waals surface area contributed by atoms with Crippen LogP contribution in [0, 0.1) is 5.95 Å². The molecular weight excluding hydrogens is 509 g/mol. The van der Waals surface area contributed by atoms with Crippen molar-refractivity contribution < 1.29 is 17.9 Å². The summed E-state index contributed by atoms with van der Waals surface area (Å²) in [6.45, 7) is -0.437. The van der Waals surface area contributed by atoms with E-state index in [1.54, 1.807) is 53.1 Å². The van der Waals surface area contributed by atoms with E-state index in [4.69, 9.17) is 16.3 Å². The quantitative estimate of drug-likeness (QED) is 0.264. The first kappa shape index (κ1) is 24.3. The van der Waals surface area contributed by atoms with E-state index in [-0.39, 0.29) is 29.4 Å². The topological polar surface area (TPSA) is 86.9 Å². The standard InChI is InChI=1S/C25H18ClF3N6O2/c26-16-3-1-15(2-4-16)12-35-23-22(34(14-31-23)13-20(27)28)24(36)33-25(35)32-17-5-7-18(8-6-17)37-19-9-10-30-21(29)11-19/h1-11,14,20H,12-13H2,(H,32,33,36). The maximum Gasteiger partial charge on any atom is 0.300 e. The lowest BCUT2D eigenvalue weighted by Crippen LogP contribution is -2.21. The van der Waals surface area contributed by atoms with Gasteiger partial charge in [0.2, 0.25) is 11.9 Å². The molecular formula is C25H18ClF3N6O2. The summed E-state index contributed by atoms with van der Waals surface area (Å²) in [5.41, 5.74) is 0.890. The second-order valence-corrected chi connectivity index (χ2v) is 8.42. The number of halogens is 4. The lowest BCUT2D eigenvalue weighted by molar-refractivity contribution is 0.128. The fraction of sp³-hybridized carbons (Fsp3) is 0.120. The zero-order chi connectivity index (χ0) is 25.9. The van der Waals surface area contributed by atoms with Gasteiger partial charge in [-0.05, 0) is 48.0 Å². The molecule has 0 amide bonds. The van der Waals surface area contributed by atoms with E-state index < -0.39 is 24.5 Å². The average molecular weight is 527 g/mol. The van der Waals surface area contributed by atoms with Crippen molar-refractivity contribution in [2.75, 3.05) is 5.32 Å². The number of alkyl halides is 2. The van der Waals surface area contributed by atoms with E-state index >= 15 is 0 Å². The van der Waals surface area contributed by atoms with E-state index in [1.807, 2.05) is 0 Å². The molecule has 3 aromatic heterocycles. The van der Waals surface area contributed by atoms with Crippen LogP contribution in [-0.4, -0.2) is 30.5 Å². The Morgan fingerprint density at radius 2 is 1.76 bits per heavy atom. The smallest absolute Gasteiger partial charge is 0.300 e. The van der Waals surface area contributed by atoms with Crippen molar-refractivity contribution in [3.63, 3.8) is 0 Å². The molecule has 1 N–H and O–H groups in total. The Hall–Kier alpha value is -4.38. The molecule has 0 saturated heterocycles. The number of fused-ring (bicyclic) bond motifs is 1. The van der Waals surface area contributed by atoms with Gasteiger partial charge in [0.15, 0.2) is 11.2 Å². The number of hydrogen-bond acceptors (Lipinski definition) is 6. The Kier molecular flexibility index (Phi) is 6.78. The second kappa shape index (κ2) is 10.3. The highest BCUT2D eigenvalue weighted by Gasteiger charge is 2.18. The zero-order valence-electron chi connectivity index (χ0n) is 19.0. The van der Waals surface area contributed by atoms with Crippen LogP contribution in [0.4, 0.5) is 24.8 Å². The largest absolute Gasteiger partial charge is 0.457 e. The van der Waals surface area contributed by atoms with Gasteiger partial charge in [-0.2, -0.15) is 9.37 Å². The third kappa shape index (κ3) is 5.56. The maximum absolute atomic E-state index is 13.3. The van der Waals surface area contributed by atoms with Gasteiger partial charge in [0.1, 0.15) is 11.5 Å². The van der Waals surface area contributed by atoms with Gasteiger partial charge in [0, 0.05) is 23.0 Å². The second-order valence-electron chi connectivity index (χ2n) is 7.98. The predicted molar refractivity (Wildman–Crippen MR) is 132 cm³/mol. The van der Waals surface area contributed by atoms with Crippen molar-refractivity contribution >= 4 is 34.4 Å². The molecule has 0 bridgehead atoms. The number of aromatic nitrogens is 5. The van der Waals surface area contributed by atoms with E-state index in [2.05, 4.69) is 20.3 Å². The number of ether oxygens (including phenoxy) is 1. The Morgan fingerprint density at radius 1 is 1.00 bits per heavy atom. The lowest BCUT2D eigenvalue weighted by Gasteiger charge is -2.16. The number of anilines is 2. The summed E-state index contributed by atoms with van der Waals surface area (Å²) >= 11 is 6.00. The Labute approximate surface area is 213 Å². The third-order valence-electron chi connectivity index (χ3n) is 5.37. The number of imidazole rings is 1. The maximum atomic E-state index is 13.3. The first-order valence-corrected chi connectivity index (χ1v) is 11.4. The van der Waals surface area contributed by atoms with Crippen LogP contribution < -0.4 is 15.6 Å². The SMILES string of the molecule is O=c1nc(Nc2ccc(Oc3ccnc(F)c3)cc2)n(Cc2ccc(Cl)cc2)c2ncn(CC(F)F)c12. The molecule has 5 rings (SSSR count). The minimum absolute atomic E-state index is 0.0202. The van der Waals surface area contributed by atoms with E-state index in [0.717, 1.165) is 16.2 Å². The summed E-state index contributed by atoms with van der Waals surface area (Å²) in [6, 6.07) is 16.4. The van der Waals surface area contributed by atoms with Gasteiger partial charge in [0.25, 0.3) is 6.43 Å². The first-order valence-electron chi connectivity index (χ1n) is 11.0. The predicted octanol–water partition coefficient (Wildman–Crippen LogP) is 5.63. The van der Waals surface area contributed by atoms with Crippen LogP contribution in [0.2, 0.25) is 5.02 Å². The van der Waals surface area contributed by atoms with E-state index in [9.17, 15) is 18.0 Å². The molecule has 0 unspecified atom stereocenters. The van der Waals surface area contributed by atoms with Gasteiger partial charge in [-0.1, -0.05) is 23.7 Å². The third-order valence-corrected chi connectivity index (χ3v) is 5.62. The van der Waals surface area contributed by atoms with E-state index in [1.165, 1.54) is 18.6 Å². The summed E-state index contributed by atoms with van der Waals surface area (Å²) in [6.07, 6.45) is -0.162. The Balaban J connectivity index is 1.49. The molecule has 188 valence electrons. The summed E-state index contributed by atoms with van der Waals surface area (Å²) in [5, 5.41) is 3.65. The van der Waals surface area contributed by atoms with Crippen molar-refractivity contribution in [3.05, 3.63) is 100 Å². The molecule has 37 heavy (non-hydrogen) atoms. The lowest BCUT2D eigenvalue weighted by atomic mass is 10.2. The van der Waals surface area contributed by atoms with Crippen LogP contribution in [-0.2, 0) is 13.1 Å². The first-order chi connectivity index (χ1) is 17.9. The van der Waals surface area contributed by atoms with Crippen LogP contribution >= 0.6 is 11.6 Å². The summed E-state index contributed by atoms with van der Waals surface area (Å²) in [5.74, 6) is 0.242. The molecule has 5 aromatic rings. The van der Waals surface area contributed by atoms with Crippen molar-refractivity contribution in [1.29, 1.82) is 0 Å². The zero-order valence-corrected chi connectivity index (χ0v) is 19.7. The number of nitrogens with one attached hydrogen (secondary N) is 1. The molecule has 0 saturated carbocycles. The number of rotatable bonds is 8. The minimum Gasteiger partial charge on any atom is -0.457 e. The van der Waals surface area contributed by atoms with Gasteiger partial charge in [-0.25, -0.2) is 18.7 Å². The average Bonchev–Trinajstić information content (AvgIpc) is 3.27. The molecule has 0 radical (unpaired) electrons. The van der Waals surface area contributed by atoms with Crippen molar-refractivity contribution in [1.82, 2.24) is 24.1 Å². The van der Waals surface area contributed by atoms with Crippen LogP contribution in [0.1, 0.15) is 5.56 Å². The molecule has 0 aliphatic carbocycles. The van der Waals surface area contributed by atoms with E-state index in [0.29, 0.717) is 16.5 Å². The van der Waals surface area contributed by atoms with Crippen molar-refractivity contribution in [3.8, 4) is 11.5 Å². The highest BCUT2D eigenvalue weighted by atomic mass is 35.5. The normalized spacial score (nSPS) is 11.3. The Morgan fingerprint density at radius 3 is 2.46 bits per heavy atom. The highest BCUT2D eigenvalue weighted by Crippen LogP contribution is 2.25. The van der Waals surface area contributed by atoms with Gasteiger partial charge in [0.05, 0.1) is 19.4 Å². The molecule has 0 atom stereocenters. The molecule has 0 spiro atoms. The summed E-state index contributed by atoms with van der Waals surface area (Å²) in [7, 11) is 0. The molecule has 3 heterocycles. The molecule has 0 aliphatic heterocycles. The number of nitrogens with zero attached hydrogens (tertiary/aromatic N) is 5. The fourth-order valence-corrected chi connectivity index (χ4v) is 3.85. The number of pyridine rings is 1. The van der Waals surface area contributed by atoms with Gasteiger partial charge >= 0.3 is 5.56 Å². The van der Waals surface area contributed by atoms with Gasteiger partial charge < -0.3 is 14.6 Å². The molecule has 8 nitrogen and oxygen atoms in total. The molecule has 12 heteroatoms. The fourth-order valence-electron chi connectivity index (χ4n) is 3.72. The van der Waals surface area contributed by atoms with Crippen molar-refractivity contribution in [2.24, 2.45) is 0 Å². The van der Waals surface area contributed by atoms with Crippen LogP contribution in [0.25, 0.3) is 11.2 Å². The van der Waals surface area contributed by atoms with Crippen molar-refractivity contribution in [2.45, 2.75) is 19.5 Å². The molecule has 0 fully saturated rings. The molecule has 2 aromatic carbocycles. The van der Waals surface area contributed by atoms with Crippen LogP contribution in [0.5, 0.6) is 11.5 Å². The number of hydrogen-bond donors (Lipinski definition) is 1. The minimum atomic E-state index is -2.66. The number of benzene rings is 2. The van der Waals surface area contributed by atoms with Gasteiger partial charge in [-0.15, -0.1) is 0 Å².